The minimum atomic E-state index is -5.35. The quantitative estimate of drug-likeness (QED) is 0.350. The predicted molar refractivity (Wildman–Crippen MR) is 70.5 cm³/mol. The zero-order valence-corrected chi connectivity index (χ0v) is 16.2. The molecule has 0 bridgehead atoms. The number of hydrogen-bond donors (Lipinski definition) is 3. The fraction of sp³-hybridized carbons (Fsp3) is 0.750. The Labute approximate surface area is 186 Å². The van der Waals surface area contributed by atoms with Crippen molar-refractivity contribution in [2.45, 2.75) is 35.5 Å². The van der Waals surface area contributed by atoms with E-state index in [9.17, 15) is 80.2 Å². The average Bonchev–Trinajstić information content (AvgIpc) is 2.67. The first-order valence-electron chi connectivity index (χ1n) is 6.91. The minimum absolute atomic E-state index is 0. The monoisotopic (exact) mass is 593 g/mol. The summed E-state index contributed by atoms with van der Waals surface area (Å²) in [7, 11) is 0. The van der Waals surface area contributed by atoms with Gasteiger partial charge in [0.05, 0.1) is 0 Å². The third kappa shape index (κ3) is 9.25. The molecule has 0 atom stereocenters. The van der Waals surface area contributed by atoms with Crippen molar-refractivity contribution in [1.82, 2.24) is 0 Å². The van der Waals surface area contributed by atoms with Gasteiger partial charge in [-0.05, 0) is 0 Å². The summed E-state index contributed by atoms with van der Waals surface area (Å²) in [6.45, 7) is -8.11. The molecule has 0 fully saturated rings. The van der Waals surface area contributed by atoms with Crippen molar-refractivity contribution in [3.05, 3.63) is 0 Å². The van der Waals surface area contributed by atoms with Crippen LogP contribution in [0.5, 0.6) is 0 Å². The summed E-state index contributed by atoms with van der Waals surface area (Å²) in [5.74, 6) is -40.6. The van der Waals surface area contributed by atoms with E-state index in [1.165, 1.54) is 0 Å². The normalized spacial score (nSPS) is 12.8. The van der Waals surface area contributed by atoms with Gasteiger partial charge in [-0.2, -0.15) is 52.7 Å². The van der Waals surface area contributed by atoms with Crippen LogP contribution in [0.15, 0.2) is 0 Å². The molecule has 0 aliphatic rings. The van der Waals surface area contributed by atoms with Crippen molar-refractivity contribution in [1.29, 1.82) is 0 Å². The van der Waals surface area contributed by atoms with Crippen LogP contribution in [0.2, 0.25) is 0 Å². The second-order valence-corrected chi connectivity index (χ2v) is 5.15. The number of carboxylic acids is 3. The summed E-state index contributed by atoms with van der Waals surface area (Å²) in [4.78, 5) is 28.3. The first-order chi connectivity index (χ1) is 14.3. The van der Waals surface area contributed by atoms with Gasteiger partial charge in [0.15, 0.2) is 20.0 Å². The predicted octanol–water partition coefficient (Wildman–Crippen LogP) is 3.93. The smallest absolute Gasteiger partial charge is 0.406 e. The summed E-state index contributed by atoms with van der Waals surface area (Å²) < 4.78 is 174. The molecule has 6 nitrogen and oxygen atoms in total. The van der Waals surface area contributed by atoms with Gasteiger partial charge >= 0.3 is 53.4 Å². The molecule has 22 heteroatoms. The van der Waals surface area contributed by atoms with Crippen molar-refractivity contribution in [3.8, 4) is 0 Å². The topological polar surface area (TPSA) is 112 Å². The SMILES string of the molecule is O=C(O)C(F)(F)C(F)(F)CF.O=C(O)C(F)(F)C(F)(F)CF.O=C(O)C(F)(F)C(F)(F)CF.[Co]. The maximum atomic E-state index is 11.7. The van der Waals surface area contributed by atoms with Crippen LogP contribution in [0.1, 0.15) is 0 Å². The number of carboxylic acid groups (broad SMARTS) is 3. The first kappa shape index (κ1) is 39.1. The fourth-order valence-electron chi connectivity index (χ4n) is 0.721. The van der Waals surface area contributed by atoms with E-state index in [-0.39, 0.29) is 16.8 Å². The molecule has 0 spiro atoms. The van der Waals surface area contributed by atoms with E-state index in [0.717, 1.165) is 0 Å². The van der Waals surface area contributed by atoms with E-state index in [0.29, 0.717) is 0 Å². The van der Waals surface area contributed by atoms with E-state index >= 15 is 0 Å². The third-order valence-corrected chi connectivity index (χ3v) is 2.69. The van der Waals surface area contributed by atoms with Crippen LogP contribution in [0.4, 0.5) is 65.9 Å². The van der Waals surface area contributed by atoms with Crippen LogP contribution in [0.3, 0.4) is 0 Å². The third-order valence-electron chi connectivity index (χ3n) is 2.69. The van der Waals surface area contributed by atoms with E-state index in [2.05, 4.69) is 0 Å². The Bertz CT molecular complexity index is 594. The fourth-order valence-corrected chi connectivity index (χ4v) is 0.721. The van der Waals surface area contributed by atoms with Crippen LogP contribution >= 0.6 is 0 Å². The minimum Gasteiger partial charge on any atom is -0.477 e. The van der Waals surface area contributed by atoms with E-state index in [1.54, 1.807) is 0 Å². The van der Waals surface area contributed by atoms with Gasteiger partial charge in [-0.3, -0.25) is 0 Å². The molecule has 0 aromatic rings. The molecule has 0 aliphatic carbocycles. The summed E-state index contributed by atoms with van der Waals surface area (Å²) in [5, 5.41) is 22.5. The van der Waals surface area contributed by atoms with Crippen molar-refractivity contribution >= 4 is 17.9 Å². The molecule has 0 saturated heterocycles. The summed E-state index contributed by atoms with van der Waals surface area (Å²) in [6.07, 6.45) is 0. The Hall–Kier alpha value is -2.13. The Morgan fingerprint density at radius 2 is 0.559 bits per heavy atom. The number of hydrogen-bond acceptors (Lipinski definition) is 3. The molecule has 3 N–H and O–H groups in total. The molecule has 0 saturated carbocycles. The van der Waals surface area contributed by atoms with Crippen LogP contribution < -0.4 is 0 Å². The van der Waals surface area contributed by atoms with Crippen molar-refractivity contribution in [2.75, 3.05) is 20.0 Å². The maximum Gasteiger partial charge on any atom is 0.406 e. The average molecular weight is 593 g/mol. The van der Waals surface area contributed by atoms with Crippen LogP contribution in [0.25, 0.3) is 0 Å². The van der Waals surface area contributed by atoms with Gasteiger partial charge in [-0.25, -0.2) is 27.6 Å². The summed E-state index contributed by atoms with van der Waals surface area (Å²) in [5.41, 5.74) is 0. The van der Waals surface area contributed by atoms with E-state index < -0.39 is 73.5 Å². The van der Waals surface area contributed by atoms with Gasteiger partial charge in [0, 0.05) is 16.8 Å². The molecule has 0 aliphatic heterocycles. The van der Waals surface area contributed by atoms with Crippen LogP contribution in [-0.2, 0) is 31.2 Å². The van der Waals surface area contributed by atoms with Crippen molar-refractivity contribution in [3.63, 3.8) is 0 Å². The molecule has 1 radical (unpaired) electrons. The number of carbonyl (C=O) groups is 3. The molecule has 34 heavy (non-hydrogen) atoms. The molecular formula is C12H9CoF15O6. The van der Waals surface area contributed by atoms with Crippen molar-refractivity contribution in [2.24, 2.45) is 0 Å². The number of aliphatic carboxylic acids is 3. The standard InChI is InChI=1S/3C4H3F5O2.Co/c3*5-1-3(6,7)4(8,9)2(10)11;/h3*1H2,(H,10,11);. The molecule has 0 amide bonds. The molecule has 0 heterocycles. The zero-order chi connectivity index (χ0) is 27.9. The van der Waals surface area contributed by atoms with Gasteiger partial charge in [0.1, 0.15) is 0 Å². The summed E-state index contributed by atoms with van der Waals surface area (Å²) >= 11 is 0. The molecule has 0 rings (SSSR count). The van der Waals surface area contributed by atoms with Gasteiger partial charge in [0.2, 0.25) is 0 Å². The number of rotatable bonds is 9. The number of alkyl halides is 15. The molecule has 0 unspecified atom stereocenters. The molecule has 0 aromatic carbocycles. The largest absolute Gasteiger partial charge is 0.477 e. The maximum absolute atomic E-state index is 11.7. The van der Waals surface area contributed by atoms with E-state index in [4.69, 9.17) is 15.3 Å². The van der Waals surface area contributed by atoms with Gasteiger partial charge in [-0.15, -0.1) is 0 Å². The Kier molecular flexibility index (Phi) is 15.0. The van der Waals surface area contributed by atoms with Gasteiger partial charge < -0.3 is 15.3 Å². The Morgan fingerprint density at radius 3 is 0.588 bits per heavy atom. The molecule has 207 valence electrons. The van der Waals surface area contributed by atoms with Crippen LogP contribution in [0, 0.1) is 0 Å². The zero-order valence-electron chi connectivity index (χ0n) is 15.2. The van der Waals surface area contributed by atoms with Gasteiger partial charge in [-0.1, -0.05) is 0 Å². The second kappa shape index (κ2) is 13.1. The molecule has 0 aromatic heterocycles. The van der Waals surface area contributed by atoms with Crippen LogP contribution in [-0.4, -0.2) is 88.8 Å². The van der Waals surface area contributed by atoms with Gasteiger partial charge in [0.25, 0.3) is 0 Å². The number of halogens is 15. The Morgan fingerprint density at radius 1 is 0.441 bits per heavy atom. The van der Waals surface area contributed by atoms with Crippen molar-refractivity contribution < 1.29 is 112 Å². The molecular weight excluding hydrogens is 584 g/mol. The summed E-state index contributed by atoms with van der Waals surface area (Å²) in [6, 6.07) is 0. The second-order valence-electron chi connectivity index (χ2n) is 5.15. The first-order valence-corrected chi connectivity index (χ1v) is 6.91. The van der Waals surface area contributed by atoms with E-state index in [1.807, 2.05) is 0 Å². The Balaban J connectivity index is -0.000000196.